The first-order valence-electron chi connectivity index (χ1n) is 7.19. The van der Waals surface area contributed by atoms with Crippen molar-refractivity contribution in [1.29, 1.82) is 0 Å². The van der Waals surface area contributed by atoms with Crippen LogP contribution in [0.3, 0.4) is 0 Å². The maximum absolute atomic E-state index is 6.18. The average Bonchev–Trinajstić information content (AvgIpc) is 3.00. The quantitative estimate of drug-likeness (QED) is 0.538. The lowest BCUT2D eigenvalue weighted by Gasteiger charge is -2.08. The molecule has 0 amide bonds. The van der Waals surface area contributed by atoms with Gasteiger partial charge in [0.05, 0.1) is 22.6 Å². The molecule has 2 N–H and O–H groups in total. The number of hydrogen-bond donors (Lipinski definition) is 2. The lowest BCUT2D eigenvalue weighted by atomic mass is 10.2. The second kappa shape index (κ2) is 6.11. The van der Waals surface area contributed by atoms with E-state index in [1.54, 1.807) is 0 Å². The van der Waals surface area contributed by atoms with E-state index in [0.717, 1.165) is 16.9 Å². The van der Waals surface area contributed by atoms with Gasteiger partial charge in [-0.15, -0.1) is 0 Å². The first-order valence-corrected chi connectivity index (χ1v) is 7.95. The van der Waals surface area contributed by atoms with Crippen molar-refractivity contribution in [3.8, 4) is 11.3 Å². The highest BCUT2D eigenvalue weighted by Gasteiger charge is 2.11. The summed E-state index contributed by atoms with van der Waals surface area (Å²) in [5.74, 6) is 0.685. The van der Waals surface area contributed by atoms with Gasteiger partial charge in [0.25, 0.3) is 0 Å². The Morgan fingerprint density at radius 1 is 0.958 bits per heavy atom. The summed E-state index contributed by atoms with van der Waals surface area (Å²) in [6.45, 7) is 0. The molecule has 0 aliphatic carbocycles. The number of fused-ring (bicyclic) bond motifs is 1. The van der Waals surface area contributed by atoms with Gasteiger partial charge in [0, 0.05) is 11.8 Å². The highest BCUT2D eigenvalue weighted by molar-refractivity contribution is 6.33. The topological polar surface area (TPSA) is 66.5 Å². The molecular formula is C17H11Cl2N5. The minimum Gasteiger partial charge on any atom is -0.344 e. The molecule has 0 saturated carbocycles. The molecule has 3 heterocycles. The van der Waals surface area contributed by atoms with Crippen LogP contribution in [0.1, 0.15) is 0 Å². The minimum absolute atomic E-state index is 0.341. The van der Waals surface area contributed by atoms with E-state index in [0.29, 0.717) is 27.2 Å². The number of nitrogens with zero attached hydrogens (tertiary/aromatic N) is 3. The van der Waals surface area contributed by atoms with Crippen LogP contribution in [0.4, 0.5) is 11.5 Å². The molecule has 0 aliphatic rings. The van der Waals surface area contributed by atoms with E-state index in [1.807, 2.05) is 48.7 Å². The Morgan fingerprint density at radius 3 is 2.71 bits per heavy atom. The van der Waals surface area contributed by atoms with Crippen LogP contribution in [0, 0.1) is 0 Å². The Hall–Kier alpha value is -2.63. The number of para-hydroxylation sites is 1. The van der Waals surface area contributed by atoms with Crippen LogP contribution in [0.5, 0.6) is 0 Å². The maximum Gasteiger partial charge on any atom is 0.156 e. The molecule has 0 unspecified atom stereocenters. The summed E-state index contributed by atoms with van der Waals surface area (Å²) >= 11 is 12.1. The van der Waals surface area contributed by atoms with Crippen LogP contribution < -0.4 is 5.32 Å². The average molecular weight is 356 g/mol. The first kappa shape index (κ1) is 14.9. The number of benzene rings is 1. The Morgan fingerprint density at radius 2 is 1.83 bits per heavy atom. The van der Waals surface area contributed by atoms with Gasteiger partial charge in [-0.2, -0.15) is 0 Å². The lowest BCUT2D eigenvalue weighted by Crippen LogP contribution is -1.95. The van der Waals surface area contributed by atoms with E-state index in [9.17, 15) is 0 Å². The number of aromatic amines is 1. The third kappa shape index (κ3) is 2.79. The van der Waals surface area contributed by atoms with Crippen LogP contribution in [0.15, 0.2) is 54.9 Å². The first-order chi connectivity index (χ1) is 11.7. The zero-order chi connectivity index (χ0) is 16.5. The van der Waals surface area contributed by atoms with Crippen molar-refractivity contribution >= 4 is 45.9 Å². The highest BCUT2D eigenvalue weighted by Crippen LogP contribution is 2.28. The summed E-state index contributed by atoms with van der Waals surface area (Å²) in [6.07, 6.45) is 3.33. The predicted octanol–water partition coefficient (Wildman–Crippen LogP) is 5.07. The second-order valence-corrected chi connectivity index (χ2v) is 5.90. The molecule has 5 nitrogen and oxygen atoms in total. The Balaban J connectivity index is 1.74. The van der Waals surface area contributed by atoms with Crippen molar-refractivity contribution < 1.29 is 0 Å². The zero-order valence-corrected chi connectivity index (χ0v) is 13.8. The number of nitrogens with one attached hydrogen (secondary N) is 2. The Labute approximate surface area is 147 Å². The van der Waals surface area contributed by atoms with Gasteiger partial charge in [0.1, 0.15) is 16.5 Å². The van der Waals surface area contributed by atoms with Gasteiger partial charge in [-0.25, -0.2) is 15.0 Å². The lowest BCUT2D eigenvalue weighted by molar-refractivity contribution is 1.26. The van der Waals surface area contributed by atoms with Gasteiger partial charge in [0.15, 0.2) is 5.65 Å². The summed E-state index contributed by atoms with van der Waals surface area (Å²) < 4.78 is 0. The molecule has 0 spiro atoms. The van der Waals surface area contributed by atoms with Crippen LogP contribution >= 0.6 is 23.2 Å². The standard InChI is InChI=1S/C17H11Cl2N5/c18-11-4-1-2-5-13(11)23-15-7-3-6-12(22-15)10-8-20-17-16(10)24-14(19)9-21-17/h1-9H,(H,20,21)(H,22,23). The fourth-order valence-corrected chi connectivity index (χ4v) is 2.74. The largest absolute Gasteiger partial charge is 0.344 e. The van der Waals surface area contributed by atoms with E-state index >= 15 is 0 Å². The fourth-order valence-electron chi connectivity index (χ4n) is 2.42. The molecule has 1 aromatic carbocycles. The number of aromatic nitrogens is 4. The summed E-state index contributed by atoms with van der Waals surface area (Å²) in [6, 6.07) is 13.2. The molecular weight excluding hydrogens is 345 g/mol. The molecule has 0 bridgehead atoms. The molecule has 4 aromatic rings. The van der Waals surface area contributed by atoms with E-state index < -0.39 is 0 Å². The summed E-state index contributed by atoms with van der Waals surface area (Å²) in [5, 5.41) is 4.19. The molecule has 0 fully saturated rings. The van der Waals surface area contributed by atoms with Crippen LogP contribution in [-0.4, -0.2) is 19.9 Å². The highest BCUT2D eigenvalue weighted by atomic mass is 35.5. The third-order valence-electron chi connectivity index (χ3n) is 3.51. The molecule has 0 atom stereocenters. The van der Waals surface area contributed by atoms with Crippen molar-refractivity contribution in [2.75, 3.05) is 5.32 Å². The number of H-pyrrole nitrogens is 1. The van der Waals surface area contributed by atoms with Crippen molar-refractivity contribution in [3.05, 3.63) is 65.0 Å². The third-order valence-corrected chi connectivity index (χ3v) is 4.02. The van der Waals surface area contributed by atoms with Gasteiger partial charge >= 0.3 is 0 Å². The minimum atomic E-state index is 0.341. The van der Waals surface area contributed by atoms with Gasteiger partial charge in [-0.3, -0.25) is 0 Å². The second-order valence-electron chi connectivity index (χ2n) is 5.11. The van der Waals surface area contributed by atoms with Gasteiger partial charge in [-0.05, 0) is 24.3 Å². The van der Waals surface area contributed by atoms with E-state index in [4.69, 9.17) is 23.2 Å². The van der Waals surface area contributed by atoms with Crippen molar-refractivity contribution in [3.63, 3.8) is 0 Å². The molecule has 24 heavy (non-hydrogen) atoms. The number of halogens is 2. The zero-order valence-electron chi connectivity index (χ0n) is 12.3. The molecule has 0 radical (unpaired) electrons. The summed E-state index contributed by atoms with van der Waals surface area (Å²) in [7, 11) is 0. The van der Waals surface area contributed by atoms with Crippen molar-refractivity contribution in [1.82, 2.24) is 19.9 Å². The summed E-state index contributed by atoms with van der Waals surface area (Å²) in [5.41, 5.74) is 3.74. The Bertz CT molecular complexity index is 1030. The molecule has 118 valence electrons. The number of rotatable bonds is 3. The monoisotopic (exact) mass is 355 g/mol. The maximum atomic E-state index is 6.18. The molecule has 0 aliphatic heterocycles. The van der Waals surface area contributed by atoms with E-state index in [1.165, 1.54) is 6.20 Å². The molecule has 0 saturated heterocycles. The summed E-state index contributed by atoms with van der Waals surface area (Å²) in [4.78, 5) is 16.3. The van der Waals surface area contributed by atoms with E-state index in [-0.39, 0.29) is 0 Å². The van der Waals surface area contributed by atoms with Gasteiger partial charge in [-0.1, -0.05) is 41.4 Å². The Kier molecular flexibility index (Phi) is 3.80. The van der Waals surface area contributed by atoms with Gasteiger partial charge in [0.2, 0.25) is 0 Å². The van der Waals surface area contributed by atoms with Crippen LogP contribution in [0.2, 0.25) is 10.2 Å². The van der Waals surface area contributed by atoms with Gasteiger partial charge < -0.3 is 10.3 Å². The molecule has 4 rings (SSSR count). The predicted molar refractivity (Wildman–Crippen MR) is 96.9 cm³/mol. The SMILES string of the molecule is Clc1cnc2[nH]cc(-c3cccc(Nc4ccccc4Cl)n3)c2n1. The number of anilines is 2. The normalized spacial score (nSPS) is 10.9. The molecule has 7 heteroatoms. The smallest absolute Gasteiger partial charge is 0.156 e. The van der Waals surface area contributed by atoms with E-state index in [2.05, 4.69) is 25.3 Å². The fraction of sp³-hybridized carbons (Fsp3) is 0. The number of hydrogen-bond acceptors (Lipinski definition) is 4. The van der Waals surface area contributed by atoms with Crippen molar-refractivity contribution in [2.45, 2.75) is 0 Å². The van der Waals surface area contributed by atoms with Crippen LogP contribution in [0.25, 0.3) is 22.4 Å². The number of pyridine rings is 1. The molecule has 3 aromatic heterocycles. The van der Waals surface area contributed by atoms with Crippen molar-refractivity contribution in [2.24, 2.45) is 0 Å². The van der Waals surface area contributed by atoms with Crippen LogP contribution in [-0.2, 0) is 0 Å².